The maximum atomic E-state index is 11.9. The fraction of sp³-hybridized carbons (Fsp3) is 0. The standard InChI is InChI=1S/C8H4F2O2/c9-7(11)5-1-2-6(4-3-5)8(10)12/h1-4H. The molecule has 0 atom stereocenters. The van der Waals surface area contributed by atoms with Crippen LogP contribution in [0.3, 0.4) is 0 Å². The molecule has 0 radical (unpaired) electrons. The number of hydrogen-bond donors (Lipinski definition) is 0. The molecule has 0 unspecified atom stereocenters. The Balaban J connectivity index is 3.01. The lowest BCUT2D eigenvalue weighted by Gasteiger charge is -1.92. The van der Waals surface area contributed by atoms with Crippen LogP contribution in [0.25, 0.3) is 0 Å². The number of benzene rings is 1. The lowest BCUT2D eigenvalue weighted by atomic mass is 10.1. The van der Waals surface area contributed by atoms with E-state index in [0.717, 1.165) is 24.3 Å². The molecule has 2 nitrogen and oxygen atoms in total. The lowest BCUT2D eigenvalue weighted by Crippen LogP contribution is -1.93. The zero-order valence-corrected chi connectivity index (χ0v) is 5.88. The van der Waals surface area contributed by atoms with Crippen molar-refractivity contribution < 1.29 is 18.4 Å². The van der Waals surface area contributed by atoms with Gasteiger partial charge in [0.15, 0.2) is 0 Å². The molecular formula is C8H4F2O2. The maximum absolute atomic E-state index is 11.9. The van der Waals surface area contributed by atoms with Gasteiger partial charge in [-0.3, -0.25) is 9.59 Å². The van der Waals surface area contributed by atoms with Crippen LogP contribution < -0.4 is 0 Å². The van der Waals surface area contributed by atoms with Gasteiger partial charge in [0.2, 0.25) is 0 Å². The summed E-state index contributed by atoms with van der Waals surface area (Å²) < 4.78 is 23.9. The average molecular weight is 170 g/mol. The zero-order chi connectivity index (χ0) is 9.14. The van der Waals surface area contributed by atoms with Crippen molar-refractivity contribution in [2.45, 2.75) is 0 Å². The van der Waals surface area contributed by atoms with E-state index < -0.39 is 12.1 Å². The molecule has 0 saturated heterocycles. The van der Waals surface area contributed by atoms with Gasteiger partial charge in [-0.1, -0.05) is 0 Å². The van der Waals surface area contributed by atoms with Crippen molar-refractivity contribution in [3.8, 4) is 0 Å². The molecule has 12 heavy (non-hydrogen) atoms. The van der Waals surface area contributed by atoms with E-state index in [1.54, 1.807) is 0 Å². The monoisotopic (exact) mass is 170 g/mol. The van der Waals surface area contributed by atoms with Crippen LogP contribution in [0.1, 0.15) is 20.7 Å². The van der Waals surface area contributed by atoms with Gasteiger partial charge in [-0.2, -0.15) is 8.78 Å². The third-order valence-electron chi connectivity index (χ3n) is 1.34. The second-order valence-electron chi connectivity index (χ2n) is 2.12. The Hall–Kier alpha value is -1.58. The quantitative estimate of drug-likeness (QED) is 0.635. The largest absolute Gasteiger partial charge is 0.332 e. The predicted molar refractivity (Wildman–Crippen MR) is 37.3 cm³/mol. The Bertz CT molecular complexity index is 283. The molecule has 0 aliphatic heterocycles. The van der Waals surface area contributed by atoms with E-state index >= 15 is 0 Å². The van der Waals surface area contributed by atoms with Gasteiger partial charge in [0, 0.05) is 0 Å². The molecule has 0 bridgehead atoms. The second-order valence-corrected chi connectivity index (χ2v) is 2.12. The minimum atomic E-state index is -1.60. The first-order valence-electron chi connectivity index (χ1n) is 3.11. The lowest BCUT2D eigenvalue weighted by molar-refractivity contribution is 0.0822. The Morgan fingerprint density at radius 3 is 1.25 bits per heavy atom. The molecule has 1 aromatic rings. The first kappa shape index (κ1) is 8.52. The van der Waals surface area contributed by atoms with Crippen molar-refractivity contribution in [3.05, 3.63) is 35.4 Å². The van der Waals surface area contributed by atoms with E-state index in [2.05, 4.69) is 0 Å². The fourth-order valence-corrected chi connectivity index (χ4v) is 0.732. The van der Waals surface area contributed by atoms with Crippen molar-refractivity contribution in [2.75, 3.05) is 0 Å². The summed E-state index contributed by atoms with van der Waals surface area (Å²) in [6.07, 6.45) is 0. The number of halogens is 2. The summed E-state index contributed by atoms with van der Waals surface area (Å²) in [4.78, 5) is 20.2. The Labute approximate surface area is 66.8 Å². The molecule has 0 aliphatic rings. The summed E-state index contributed by atoms with van der Waals surface area (Å²) in [5.74, 6) is 0. The number of rotatable bonds is 2. The van der Waals surface area contributed by atoms with Gasteiger partial charge >= 0.3 is 12.1 Å². The van der Waals surface area contributed by atoms with Crippen LogP contribution in [0.5, 0.6) is 0 Å². The highest BCUT2D eigenvalue weighted by molar-refractivity contribution is 5.92. The van der Waals surface area contributed by atoms with Gasteiger partial charge in [0.25, 0.3) is 0 Å². The second kappa shape index (κ2) is 3.21. The van der Waals surface area contributed by atoms with E-state index in [0.29, 0.717) is 0 Å². The summed E-state index contributed by atoms with van der Waals surface area (Å²) in [6.45, 7) is 0. The van der Waals surface area contributed by atoms with E-state index in [9.17, 15) is 18.4 Å². The molecule has 0 heterocycles. The first-order valence-corrected chi connectivity index (χ1v) is 3.11. The molecule has 1 rings (SSSR count). The average Bonchev–Trinajstić information content (AvgIpc) is 2.04. The topological polar surface area (TPSA) is 34.1 Å². The van der Waals surface area contributed by atoms with Crippen molar-refractivity contribution in [3.63, 3.8) is 0 Å². The molecule has 0 saturated carbocycles. The molecule has 0 aromatic heterocycles. The number of hydrogen-bond acceptors (Lipinski definition) is 2. The summed E-state index contributed by atoms with van der Waals surface area (Å²) in [6, 6.07) is 0.995. The Morgan fingerprint density at radius 2 is 1.08 bits per heavy atom. The van der Waals surface area contributed by atoms with Gasteiger partial charge < -0.3 is 0 Å². The molecule has 0 spiro atoms. The fourth-order valence-electron chi connectivity index (χ4n) is 0.732. The molecule has 0 amide bonds. The molecule has 62 valence electrons. The van der Waals surface area contributed by atoms with Gasteiger partial charge in [0.05, 0.1) is 11.1 Å². The minimum absolute atomic E-state index is 0.194. The van der Waals surface area contributed by atoms with Crippen molar-refractivity contribution in [2.24, 2.45) is 0 Å². The summed E-state index contributed by atoms with van der Waals surface area (Å²) in [7, 11) is 0. The number of carbonyl (C=O) groups is 2. The summed E-state index contributed by atoms with van der Waals surface area (Å²) >= 11 is 0. The minimum Gasteiger partial charge on any atom is -0.255 e. The van der Waals surface area contributed by atoms with Crippen LogP contribution in [-0.2, 0) is 0 Å². The van der Waals surface area contributed by atoms with Gasteiger partial charge in [-0.15, -0.1) is 0 Å². The smallest absolute Gasteiger partial charge is 0.255 e. The van der Waals surface area contributed by atoms with Gasteiger partial charge in [-0.25, -0.2) is 0 Å². The Morgan fingerprint density at radius 1 is 0.833 bits per heavy atom. The highest BCUT2D eigenvalue weighted by Gasteiger charge is 2.06. The molecule has 0 fully saturated rings. The third kappa shape index (κ3) is 1.72. The molecule has 0 aliphatic carbocycles. The highest BCUT2D eigenvalue weighted by atomic mass is 19.1. The summed E-state index contributed by atoms with van der Waals surface area (Å²) in [5, 5.41) is 0. The molecule has 1 aromatic carbocycles. The zero-order valence-electron chi connectivity index (χ0n) is 5.88. The van der Waals surface area contributed by atoms with Crippen molar-refractivity contribution in [1.29, 1.82) is 0 Å². The van der Waals surface area contributed by atoms with Crippen LogP contribution in [0.2, 0.25) is 0 Å². The van der Waals surface area contributed by atoms with Gasteiger partial charge in [0.1, 0.15) is 0 Å². The van der Waals surface area contributed by atoms with Crippen molar-refractivity contribution >= 4 is 12.1 Å². The molecule has 4 heteroatoms. The van der Waals surface area contributed by atoms with E-state index in [1.807, 2.05) is 0 Å². The van der Waals surface area contributed by atoms with E-state index in [-0.39, 0.29) is 11.1 Å². The van der Waals surface area contributed by atoms with Gasteiger partial charge in [-0.05, 0) is 24.3 Å². The van der Waals surface area contributed by atoms with Crippen LogP contribution in [-0.4, -0.2) is 12.1 Å². The maximum Gasteiger partial charge on any atom is 0.332 e. The van der Waals surface area contributed by atoms with Crippen LogP contribution in [0, 0.1) is 0 Å². The van der Waals surface area contributed by atoms with E-state index in [1.165, 1.54) is 0 Å². The normalized spacial score (nSPS) is 9.50. The van der Waals surface area contributed by atoms with Crippen LogP contribution in [0.4, 0.5) is 8.78 Å². The predicted octanol–water partition coefficient (Wildman–Crippen LogP) is 1.91. The first-order chi connectivity index (χ1) is 5.61. The highest BCUT2D eigenvalue weighted by Crippen LogP contribution is 2.06. The molecule has 0 N–H and O–H groups in total. The third-order valence-corrected chi connectivity index (χ3v) is 1.34. The summed E-state index contributed by atoms with van der Waals surface area (Å²) in [5.41, 5.74) is -0.389. The van der Waals surface area contributed by atoms with Crippen LogP contribution >= 0.6 is 0 Å². The SMILES string of the molecule is O=C(F)c1ccc(C(=O)F)cc1. The van der Waals surface area contributed by atoms with E-state index in [4.69, 9.17) is 0 Å². The number of carbonyl (C=O) groups excluding carboxylic acids is 2. The van der Waals surface area contributed by atoms with Crippen LogP contribution in [0.15, 0.2) is 24.3 Å². The van der Waals surface area contributed by atoms with Crippen molar-refractivity contribution in [1.82, 2.24) is 0 Å². The molecular weight excluding hydrogens is 166 g/mol. The Kier molecular flexibility index (Phi) is 2.28.